The number of aromatic nitrogens is 1. The van der Waals surface area contributed by atoms with Crippen LogP contribution >= 0.6 is 0 Å². The van der Waals surface area contributed by atoms with E-state index in [1.807, 2.05) is 18.2 Å². The van der Waals surface area contributed by atoms with Gasteiger partial charge in [0, 0.05) is 24.5 Å². The Morgan fingerprint density at radius 3 is 2.67 bits per heavy atom. The fourth-order valence-corrected chi connectivity index (χ4v) is 1.67. The summed E-state index contributed by atoms with van der Waals surface area (Å²) in [6.45, 7) is 0.822. The second-order valence-electron chi connectivity index (χ2n) is 4.00. The summed E-state index contributed by atoms with van der Waals surface area (Å²) in [6.07, 6.45) is 2.63. The van der Waals surface area contributed by atoms with Crippen LogP contribution < -0.4 is 15.8 Å². The highest BCUT2D eigenvalue weighted by atomic mass is 16.5. The molecule has 18 heavy (non-hydrogen) atoms. The van der Waals surface area contributed by atoms with Gasteiger partial charge >= 0.3 is 0 Å². The van der Waals surface area contributed by atoms with Crippen molar-refractivity contribution in [2.75, 3.05) is 24.7 Å². The summed E-state index contributed by atoms with van der Waals surface area (Å²) in [4.78, 5) is 4.19. The molecule has 2 aromatic rings. The standard InChI is InChI=1S/C14H17N3O/c1-18-13-4-2-11(3-5-13)6-8-16-14-10-12(15)7-9-17-14/h2-5,7,9-10H,6,8H2,1H3,(H3,15,16,17). The smallest absolute Gasteiger partial charge is 0.127 e. The normalized spacial score (nSPS) is 10.1. The van der Waals surface area contributed by atoms with Gasteiger partial charge in [0.1, 0.15) is 11.6 Å². The van der Waals surface area contributed by atoms with Crippen LogP contribution in [0.2, 0.25) is 0 Å². The first-order valence-electron chi connectivity index (χ1n) is 5.86. The Morgan fingerprint density at radius 2 is 2.00 bits per heavy atom. The summed E-state index contributed by atoms with van der Waals surface area (Å²) in [5, 5.41) is 3.24. The van der Waals surface area contributed by atoms with E-state index in [-0.39, 0.29) is 0 Å². The van der Waals surface area contributed by atoms with Crippen molar-refractivity contribution in [2.45, 2.75) is 6.42 Å². The van der Waals surface area contributed by atoms with Crippen LogP contribution in [0.5, 0.6) is 5.75 Å². The minimum absolute atomic E-state index is 0.719. The number of nitrogens with two attached hydrogens (primary N) is 1. The zero-order valence-corrected chi connectivity index (χ0v) is 10.4. The molecule has 94 valence electrons. The molecular weight excluding hydrogens is 226 g/mol. The zero-order chi connectivity index (χ0) is 12.8. The first-order valence-corrected chi connectivity index (χ1v) is 5.86. The predicted octanol–water partition coefficient (Wildman–Crippen LogP) is 2.33. The molecule has 4 nitrogen and oxygen atoms in total. The fourth-order valence-electron chi connectivity index (χ4n) is 1.67. The molecule has 0 aliphatic carbocycles. The SMILES string of the molecule is COc1ccc(CCNc2cc(N)ccn2)cc1. The molecule has 0 atom stereocenters. The highest BCUT2D eigenvalue weighted by Gasteiger charge is 1.96. The Labute approximate surface area is 107 Å². The molecule has 0 bridgehead atoms. The van der Waals surface area contributed by atoms with Crippen LogP contribution in [0, 0.1) is 0 Å². The van der Waals surface area contributed by atoms with Gasteiger partial charge in [0.05, 0.1) is 7.11 Å². The van der Waals surface area contributed by atoms with Gasteiger partial charge in [-0.25, -0.2) is 4.98 Å². The van der Waals surface area contributed by atoms with Gasteiger partial charge in [-0.2, -0.15) is 0 Å². The summed E-state index contributed by atoms with van der Waals surface area (Å²) >= 11 is 0. The van der Waals surface area contributed by atoms with Crippen molar-refractivity contribution >= 4 is 11.5 Å². The molecule has 0 saturated carbocycles. The Kier molecular flexibility index (Phi) is 4.02. The molecule has 3 N–H and O–H groups in total. The Bertz CT molecular complexity index is 497. The van der Waals surface area contributed by atoms with E-state index in [1.54, 1.807) is 19.4 Å². The third kappa shape index (κ3) is 3.38. The van der Waals surface area contributed by atoms with Gasteiger partial charge < -0.3 is 15.8 Å². The highest BCUT2D eigenvalue weighted by molar-refractivity contribution is 5.48. The molecule has 0 unspecified atom stereocenters. The molecule has 0 radical (unpaired) electrons. The number of anilines is 2. The number of pyridine rings is 1. The summed E-state index contributed by atoms with van der Waals surface area (Å²) in [5.74, 6) is 1.69. The van der Waals surface area contributed by atoms with Crippen molar-refractivity contribution < 1.29 is 4.74 Å². The maximum absolute atomic E-state index is 5.68. The second kappa shape index (κ2) is 5.91. The van der Waals surface area contributed by atoms with E-state index in [0.717, 1.165) is 30.2 Å². The topological polar surface area (TPSA) is 60.2 Å². The fraction of sp³-hybridized carbons (Fsp3) is 0.214. The number of benzene rings is 1. The van der Waals surface area contributed by atoms with Gasteiger partial charge in [-0.15, -0.1) is 0 Å². The second-order valence-corrected chi connectivity index (χ2v) is 4.00. The van der Waals surface area contributed by atoms with Crippen LogP contribution in [0.3, 0.4) is 0 Å². The van der Waals surface area contributed by atoms with E-state index in [1.165, 1.54) is 5.56 Å². The molecular formula is C14H17N3O. The van der Waals surface area contributed by atoms with E-state index in [2.05, 4.69) is 22.4 Å². The van der Waals surface area contributed by atoms with Crippen molar-refractivity contribution in [3.05, 3.63) is 48.2 Å². The van der Waals surface area contributed by atoms with Crippen LogP contribution in [-0.2, 0) is 6.42 Å². The number of ether oxygens (including phenoxy) is 1. The van der Waals surface area contributed by atoms with Gasteiger partial charge in [-0.1, -0.05) is 12.1 Å². The number of nitrogens with zero attached hydrogens (tertiary/aromatic N) is 1. The predicted molar refractivity (Wildman–Crippen MR) is 73.8 cm³/mol. The molecule has 1 heterocycles. The molecule has 0 aliphatic heterocycles. The summed E-state index contributed by atoms with van der Waals surface area (Å²) in [7, 11) is 1.67. The van der Waals surface area contributed by atoms with Gasteiger partial charge in [-0.05, 0) is 30.2 Å². The summed E-state index contributed by atoms with van der Waals surface area (Å²) in [6, 6.07) is 11.7. The van der Waals surface area contributed by atoms with Gasteiger partial charge in [0.15, 0.2) is 0 Å². The lowest BCUT2D eigenvalue weighted by molar-refractivity contribution is 0.414. The lowest BCUT2D eigenvalue weighted by atomic mass is 10.1. The highest BCUT2D eigenvalue weighted by Crippen LogP contribution is 2.12. The Hall–Kier alpha value is -2.23. The average Bonchev–Trinajstić information content (AvgIpc) is 2.40. The van der Waals surface area contributed by atoms with E-state index >= 15 is 0 Å². The minimum Gasteiger partial charge on any atom is -0.497 e. The van der Waals surface area contributed by atoms with Gasteiger partial charge in [0.25, 0.3) is 0 Å². The molecule has 2 rings (SSSR count). The van der Waals surface area contributed by atoms with Gasteiger partial charge in [-0.3, -0.25) is 0 Å². The lowest BCUT2D eigenvalue weighted by Gasteiger charge is -2.06. The first kappa shape index (κ1) is 12.2. The van der Waals surface area contributed by atoms with E-state index in [4.69, 9.17) is 10.5 Å². The summed E-state index contributed by atoms with van der Waals surface area (Å²) in [5.41, 5.74) is 7.66. The molecule has 1 aromatic carbocycles. The Balaban J connectivity index is 1.84. The van der Waals surface area contributed by atoms with Crippen LogP contribution in [-0.4, -0.2) is 18.6 Å². The number of nitrogen functional groups attached to an aromatic ring is 1. The van der Waals surface area contributed by atoms with Crippen LogP contribution in [0.1, 0.15) is 5.56 Å². The monoisotopic (exact) mass is 243 g/mol. The van der Waals surface area contributed by atoms with Crippen LogP contribution in [0.4, 0.5) is 11.5 Å². The molecule has 4 heteroatoms. The lowest BCUT2D eigenvalue weighted by Crippen LogP contribution is -2.06. The van der Waals surface area contributed by atoms with Crippen LogP contribution in [0.25, 0.3) is 0 Å². The number of rotatable bonds is 5. The quantitative estimate of drug-likeness (QED) is 0.846. The van der Waals surface area contributed by atoms with E-state index in [0.29, 0.717) is 0 Å². The van der Waals surface area contributed by atoms with Crippen LogP contribution in [0.15, 0.2) is 42.6 Å². The third-order valence-electron chi connectivity index (χ3n) is 2.66. The van der Waals surface area contributed by atoms with Crippen molar-refractivity contribution in [2.24, 2.45) is 0 Å². The first-order chi connectivity index (χ1) is 8.78. The molecule has 0 amide bonds. The van der Waals surface area contributed by atoms with E-state index < -0.39 is 0 Å². The molecule has 0 spiro atoms. The van der Waals surface area contributed by atoms with Crippen molar-refractivity contribution in [3.63, 3.8) is 0 Å². The van der Waals surface area contributed by atoms with Gasteiger partial charge in [0.2, 0.25) is 0 Å². The summed E-state index contributed by atoms with van der Waals surface area (Å²) < 4.78 is 5.12. The molecule has 1 aromatic heterocycles. The van der Waals surface area contributed by atoms with Crippen molar-refractivity contribution in [1.82, 2.24) is 4.98 Å². The Morgan fingerprint density at radius 1 is 1.22 bits per heavy atom. The number of hydrogen-bond acceptors (Lipinski definition) is 4. The largest absolute Gasteiger partial charge is 0.497 e. The van der Waals surface area contributed by atoms with Crippen molar-refractivity contribution in [3.8, 4) is 5.75 Å². The average molecular weight is 243 g/mol. The maximum atomic E-state index is 5.68. The zero-order valence-electron chi connectivity index (χ0n) is 10.4. The molecule has 0 saturated heterocycles. The minimum atomic E-state index is 0.719. The number of methoxy groups -OCH3 is 1. The number of nitrogens with one attached hydrogen (secondary N) is 1. The molecule has 0 aliphatic rings. The maximum Gasteiger partial charge on any atom is 0.127 e. The molecule has 0 fully saturated rings. The third-order valence-corrected chi connectivity index (χ3v) is 2.66. The van der Waals surface area contributed by atoms with Crippen molar-refractivity contribution in [1.29, 1.82) is 0 Å². The van der Waals surface area contributed by atoms with E-state index in [9.17, 15) is 0 Å². The number of hydrogen-bond donors (Lipinski definition) is 2.